The number of aromatic nitrogens is 2. The molecule has 0 radical (unpaired) electrons. The Hall–Kier alpha value is -4.30. The number of aryl methyl sites for hydroxylation is 3. The van der Waals surface area contributed by atoms with Crippen LogP contribution in [0, 0.1) is 5.82 Å². The van der Waals surface area contributed by atoms with Gasteiger partial charge in [0.1, 0.15) is 11.5 Å². The number of rotatable bonds is 14. The molecule has 0 saturated carbocycles. The number of phenolic OH excluding ortho intramolecular Hbond substituents is 1. The Morgan fingerprint density at radius 3 is 2.04 bits per heavy atom. The number of H-pyrrole nitrogens is 1. The molecular weight excluding hydrogens is 639 g/mol. The Bertz CT molecular complexity index is 1530. The van der Waals surface area contributed by atoms with Gasteiger partial charge >= 0.3 is 0 Å². The number of Topliss-reactive ketones (excluding diaryl/α,β-unsaturated/α-hetero) is 1. The Morgan fingerprint density at radius 1 is 0.980 bits per heavy atom. The normalized spacial score (nSPS) is 10.0. The molecule has 0 saturated heterocycles. The van der Waals surface area contributed by atoms with Crippen LogP contribution >= 0.6 is 0 Å². The summed E-state index contributed by atoms with van der Waals surface area (Å²) in [5, 5.41) is 20.0. The number of ketones is 1. The van der Waals surface area contributed by atoms with Crippen LogP contribution in [-0.4, -0.2) is 45.8 Å². The van der Waals surface area contributed by atoms with Crippen LogP contribution < -0.4 is 5.32 Å². The monoisotopic (exact) mass is 707 g/mol. The maximum atomic E-state index is 14.0. The molecule has 0 bridgehead atoms. The number of benzene rings is 2. The van der Waals surface area contributed by atoms with Crippen LogP contribution in [0.15, 0.2) is 66.3 Å². The minimum Gasteiger partial charge on any atom is -0.505 e. The minimum absolute atomic E-state index is 0.0579. The van der Waals surface area contributed by atoms with Gasteiger partial charge in [0.05, 0.1) is 5.69 Å². The summed E-state index contributed by atoms with van der Waals surface area (Å²) < 4.78 is 14.0. The van der Waals surface area contributed by atoms with E-state index in [0.717, 1.165) is 77.0 Å². The third kappa shape index (κ3) is 17.0. The van der Waals surface area contributed by atoms with Gasteiger partial charge in [-0.3, -0.25) is 9.79 Å². The van der Waals surface area contributed by atoms with E-state index in [4.69, 9.17) is 10.1 Å². The third-order valence-corrected chi connectivity index (χ3v) is 7.44. The van der Waals surface area contributed by atoms with Crippen LogP contribution in [0.1, 0.15) is 130 Å². The average Bonchev–Trinajstić information content (AvgIpc) is 3.56. The van der Waals surface area contributed by atoms with Crippen molar-refractivity contribution in [3.8, 4) is 16.9 Å². The van der Waals surface area contributed by atoms with Crippen LogP contribution in [-0.2, 0) is 24.1 Å². The zero-order chi connectivity index (χ0) is 39.5. The molecule has 3 aromatic rings. The van der Waals surface area contributed by atoms with Gasteiger partial charge in [0.2, 0.25) is 0 Å². The van der Waals surface area contributed by atoms with Gasteiger partial charge in [-0.2, -0.15) is 0 Å². The molecule has 284 valence electrons. The van der Waals surface area contributed by atoms with E-state index in [1.165, 1.54) is 56.5 Å². The van der Waals surface area contributed by atoms with Crippen LogP contribution in [0.5, 0.6) is 5.75 Å². The maximum Gasteiger partial charge on any atom is 0.178 e. The van der Waals surface area contributed by atoms with Crippen molar-refractivity contribution in [2.45, 2.75) is 121 Å². The molecule has 0 fully saturated rings. The summed E-state index contributed by atoms with van der Waals surface area (Å²) in [5.41, 5.74) is 8.92. The molecule has 0 aliphatic heterocycles. The average molecular weight is 707 g/mol. The van der Waals surface area contributed by atoms with E-state index in [0.29, 0.717) is 12.1 Å². The Balaban J connectivity index is 0. The quantitative estimate of drug-likeness (QED) is 0.0985. The molecule has 0 atom stereocenters. The zero-order valence-electron chi connectivity index (χ0n) is 33.7. The van der Waals surface area contributed by atoms with Crippen LogP contribution in [0.2, 0.25) is 0 Å². The molecule has 0 unspecified atom stereocenters. The summed E-state index contributed by atoms with van der Waals surface area (Å²) in [6, 6.07) is 8.84. The molecule has 1 heterocycles. The van der Waals surface area contributed by atoms with Crippen LogP contribution in [0.25, 0.3) is 16.7 Å². The molecule has 1 aromatic heterocycles. The Labute approximate surface area is 309 Å². The number of nitrogens with one attached hydrogen (secondary N) is 2. The molecule has 8 heteroatoms. The lowest BCUT2D eigenvalue weighted by Gasteiger charge is -2.15. The number of aliphatic imine (C=N–C) groups is 1. The van der Waals surface area contributed by atoms with Gasteiger partial charge in [0.15, 0.2) is 17.3 Å². The highest BCUT2D eigenvalue weighted by Gasteiger charge is 2.16. The van der Waals surface area contributed by atoms with Crippen molar-refractivity contribution < 1.29 is 19.4 Å². The van der Waals surface area contributed by atoms with E-state index in [1.54, 1.807) is 6.20 Å². The van der Waals surface area contributed by atoms with Gasteiger partial charge in [-0.05, 0) is 74.1 Å². The van der Waals surface area contributed by atoms with Crippen LogP contribution in [0.4, 0.5) is 10.1 Å². The number of aromatic hydroxyl groups is 1. The lowest BCUT2D eigenvalue weighted by Crippen LogP contribution is -2.04. The van der Waals surface area contributed by atoms with Crippen molar-refractivity contribution in [3.63, 3.8) is 0 Å². The largest absolute Gasteiger partial charge is 0.505 e. The number of unbranched alkanes of at least 4 members (excludes halogenated alkanes) is 3. The van der Waals surface area contributed by atoms with E-state index < -0.39 is 5.82 Å². The van der Waals surface area contributed by atoms with Gasteiger partial charge in [-0.15, -0.1) is 0 Å². The Morgan fingerprint density at radius 2 is 1.59 bits per heavy atom. The van der Waals surface area contributed by atoms with E-state index >= 15 is 0 Å². The fourth-order valence-electron chi connectivity index (χ4n) is 4.80. The van der Waals surface area contributed by atoms with Gasteiger partial charge in [0.25, 0.3) is 0 Å². The standard InChI is InChI=1S/C25H30FN3O.C9H13NO.C6H14.C2H6.CH4O/c1-6-9-22-21(8-3)28-25(29-22)15(4)18-11-10-17(12-23(18)27-5)19-14-20(26)24(30)13-16(19)7-2;1-5-9(8(4)11)10-6-7(2)3;1-3-5-6-4-2;2*1-2/h10-14,27,30H,4,6-9H2,1-3,5H3,(H,28,29);5-6H,1H2,2-4H3;3-6H2,1-2H3;1-2H3;2H,1H3. The van der Waals surface area contributed by atoms with Crippen molar-refractivity contribution >= 4 is 22.8 Å². The lowest BCUT2D eigenvalue weighted by molar-refractivity contribution is -0.111. The molecule has 2 aromatic carbocycles. The zero-order valence-corrected chi connectivity index (χ0v) is 33.7. The molecule has 4 N–H and O–H groups in total. The number of halogens is 1. The molecule has 51 heavy (non-hydrogen) atoms. The number of imidazole rings is 1. The molecule has 0 spiro atoms. The smallest absolute Gasteiger partial charge is 0.178 e. The second-order valence-electron chi connectivity index (χ2n) is 11.6. The fourth-order valence-corrected chi connectivity index (χ4v) is 4.80. The molecule has 0 aliphatic rings. The highest BCUT2D eigenvalue weighted by atomic mass is 19.1. The number of aliphatic hydroxyl groups excluding tert-OH is 1. The predicted molar refractivity (Wildman–Crippen MR) is 220 cm³/mol. The molecular formula is C43H67FN4O3. The predicted octanol–water partition coefficient (Wildman–Crippen LogP) is 11.4. The van der Waals surface area contributed by atoms with Crippen molar-refractivity contribution in [1.82, 2.24) is 9.97 Å². The van der Waals surface area contributed by atoms with Gasteiger partial charge in [-0.1, -0.05) is 111 Å². The second kappa shape index (κ2) is 28.4. The summed E-state index contributed by atoms with van der Waals surface area (Å²) in [6.07, 6.45) is 12.2. The number of carbonyl (C=O) groups excluding carboxylic acids is 1. The lowest BCUT2D eigenvalue weighted by atomic mass is 9.94. The second-order valence-corrected chi connectivity index (χ2v) is 11.6. The number of aromatic amines is 1. The van der Waals surface area contributed by atoms with Crippen molar-refractivity contribution in [2.75, 3.05) is 19.5 Å². The first-order valence-electron chi connectivity index (χ1n) is 18.3. The van der Waals surface area contributed by atoms with E-state index in [2.05, 4.69) is 56.1 Å². The van der Waals surface area contributed by atoms with Gasteiger partial charge in [0, 0.05) is 49.8 Å². The number of hydrogen-bond acceptors (Lipinski definition) is 6. The van der Waals surface area contributed by atoms with Gasteiger partial charge < -0.3 is 20.5 Å². The molecule has 0 aliphatic carbocycles. The maximum absolute atomic E-state index is 14.0. The number of anilines is 1. The van der Waals surface area contributed by atoms with Gasteiger partial charge in [-0.25, -0.2) is 9.37 Å². The summed E-state index contributed by atoms with van der Waals surface area (Å²) >= 11 is 0. The number of hydrogen-bond donors (Lipinski definition) is 4. The van der Waals surface area contributed by atoms with Crippen molar-refractivity contribution in [3.05, 3.63) is 95.5 Å². The van der Waals surface area contributed by atoms with E-state index in [9.17, 15) is 14.3 Å². The first-order valence-corrected chi connectivity index (χ1v) is 18.3. The highest BCUT2D eigenvalue weighted by Crippen LogP contribution is 2.35. The summed E-state index contributed by atoms with van der Waals surface area (Å²) in [4.78, 5) is 22.9. The molecule has 0 amide bonds. The SMILES string of the molecule is C=C(c1nc(CC)c(CCC)[nH]1)c1ccc(-c2cc(F)c(O)cc2CC)cc1NC.C=CC(=NC=C(C)C)C(C)=O.CC.CCCCCC.CO. The minimum atomic E-state index is -0.618. The molecule has 7 nitrogen and oxygen atoms in total. The summed E-state index contributed by atoms with van der Waals surface area (Å²) in [7, 11) is 2.86. The van der Waals surface area contributed by atoms with E-state index in [1.807, 2.05) is 59.9 Å². The first kappa shape index (κ1) is 48.8. The number of carbonyl (C=O) groups is 1. The number of phenols is 1. The third-order valence-electron chi connectivity index (χ3n) is 7.44. The number of aliphatic hydroxyl groups is 1. The van der Waals surface area contributed by atoms with E-state index in [-0.39, 0.29) is 11.5 Å². The number of allylic oxidation sites excluding steroid dienone is 2. The van der Waals surface area contributed by atoms with Crippen LogP contribution in [0.3, 0.4) is 0 Å². The topological polar surface area (TPSA) is 111 Å². The summed E-state index contributed by atoms with van der Waals surface area (Å²) in [5.74, 6) is -0.211. The fraction of sp³-hybridized carbons (Fsp3) is 0.465. The summed E-state index contributed by atoms with van der Waals surface area (Å²) in [6.45, 7) is 27.8. The Kier molecular flexibility index (Phi) is 27.2. The highest BCUT2D eigenvalue weighted by molar-refractivity contribution is 6.43. The number of nitrogens with zero attached hydrogens (tertiary/aromatic N) is 2. The first-order chi connectivity index (χ1) is 24.4. The van der Waals surface area contributed by atoms with Crippen molar-refractivity contribution in [1.29, 1.82) is 0 Å². The molecule has 3 rings (SSSR count). The van der Waals surface area contributed by atoms with Crippen molar-refractivity contribution in [2.24, 2.45) is 4.99 Å².